The molecule has 1 aliphatic heterocycles. The molecule has 15 heavy (non-hydrogen) atoms. The Morgan fingerprint density at radius 2 is 2.40 bits per heavy atom. The largest absolute Gasteiger partial charge is 0.481 e. The lowest BCUT2D eigenvalue weighted by Crippen LogP contribution is -2.50. The van der Waals surface area contributed by atoms with Crippen LogP contribution in [0.5, 0.6) is 0 Å². The van der Waals surface area contributed by atoms with Gasteiger partial charge in [-0.15, -0.1) is 0 Å². The van der Waals surface area contributed by atoms with Crippen molar-refractivity contribution in [3.8, 4) is 0 Å². The van der Waals surface area contributed by atoms with E-state index < -0.39 is 5.97 Å². The van der Waals surface area contributed by atoms with E-state index in [1.807, 2.05) is 18.3 Å². The summed E-state index contributed by atoms with van der Waals surface area (Å²) in [5.41, 5.74) is 1.20. The predicted octanol–water partition coefficient (Wildman–Crippen LogP) is 0.640. The zero-order valence-electron chi connectivity index (χ0n) is 8.47. The Hall–Kier alpha value is -1.42. The highest BCUT2D eigenvalue weighted by Crippen LogP contribution is 2.15. The van der Waals surface area contributed by atoms with Gasteiger partial charge in [0.2, 0.25) is 0 Å². The minimum atomic E-state index is -0.673. The van der Waals surface area contributed by atoms with Crippen molar-refractivity contribution in [1.82, 2.24) is 9.88 Å². The first-order valence-corrected chi connectivity index (χ1v) is 5.10. The van der Waals surface area contributed by atoms with Gasteiger partial charge in [-0.05, 0) is 18.1 Å². The molecule has 1 aromatic rings. The normalized spacial score (nSPS) is 17.3. The van der Waals surface area contributed by atoms with Crippen LogP contribution in [-0.2, 0) is 11.2 Å². The number of carboxylic acid groups (broad SMARTS) is 1. The van der Waals surface area contributed by atoms with Crippen molar-refractivity contribution in [3.63, 3.8) is 0 Å². The van der Waals surface area contributed by atoms with Crippen molar-refractivity contribution < 1.29 is 9.90 Å². The molecular formula is C11H14N2O2. The molecule has 80 valence electrons. The van der Waals surface area contributed by atoms with Crippen LogP contribution in [0.3, 0.4) is 0 Å². The summed E-state index contributed by atoms with van der Waals surface area (Å²) in [6.07, 6.45) is 4.56. The van der Waals surface area contributed by atoms with Crippen LogP contribution in [0, 0.1) is 5.92 Å². The number of pyridine rings is 1. The Balaban J connectivity index is 1.71. The lowest BCUT2D eigenvalue weighted by atomic mass is 10.00. The molecule has 0 unspecified atom stereocenters. The average Bonchev–Trinajstić information content (AvgIpc) is 2.16. The monoisotopic (exact) mass is 206 g/mol. The molecule has 1 fully saturated rings. The zero-order chi connectivity index (χ0) is 10.7. The van der Waals surface area contributed by atoms with E-state index in [4.69, 9.17) is 5.11 Å². The van der Waals surface area contributed by atoms with Crippen LogP contribution in [0.4, 0.5) is 0 Å². The molecule has 2 rings (SSSR count). The minimum Gasteiger partial charge on any atom is -0.481 e. The van der Waals surface area contributed by atoms with Crippen LogP contribution >= 0.6 is 0 Å². The van der Waals surface area contributed by atoms with Crippen molar-refractivity contribution in [3.05, 3.63) is 30.1 Å². The van der Waals surface area contributed by atoms with E-state index >= 15 is 0 Å². The topological polar surface area (TPSA) is 53.4 Å². The minimum absolute atomic E-state index is 0.154. The fraction of sp³-hybridized carbons (Fsp3) is 0.455. The van der Waals surface area contributed by atoms with E-state index in [-0.39, 0.29) is 5.92 Å². The molecule has 0 aromatic carbocycles. The smallest absolute Gasteiger partial charge is 0.309 e. The van der Waals surface area contributed by atoms with Gasteiger partial charge < -0.3 is 10.0 Å². The first kappa shape index (κ1) is 10.1. The number of hydrogen-bond acceptors (Lipinski definition) is 3. The number of likely N-dealkylation sites (tertiary alicyclic amines) is 1. The maximum Gasteiger partial charge on any atom is 0.309 e. The highest BCUT2D eigenvalue weighted by atomic mass is 16.4. The first-order valence-electron chi connectivity index (χ1n) is 5.10. The van der Waals surface area contributed by atoms with E-state index in [0.29, 0.717) is 13.1 Å². The third-order valence-electron chi connectivity index (χ3n) is 2.75. The SMILES string of the molecule is O=C(O)C1CN(CCc2cccnc2)C1. The van der Waals surface area contributed by atoms with Gasteiger partial charge in [-0.3, -0.25) is 9.78 Å². The molecule has 0 aliphatic carbocycles. The number of carboxylic acids is 1. The molecule has 1 aromatic heterocycles. The fourth-order valence-corrected chi connectivity index (χ4v) is 1.74. The van der Waals surface area contributed by atoms with Gasteiger partial charge in [0.25, 0.3) is 0 Å². The van der Waals surface area contributed by atoms with E-state index in [1.54, 1.807) is 6.20 Å². The molecule has 2 heterocycles. The summed E-state index contributed by atoms with van der Waals surface area (Å²) in [5, 5.41) is 8.70. The Morgan fingerprint density at radius 3 is 3.00 bits per heavy atom. The highest BCUT2D eigenvalue weighted by Gasteiger charge is 2.31. The number of aromatic nitrogens is 1. The van der Waals surface area contributed by atoms with E-state index in [9.17, 15) is 4.79 Å². The molecule has 0 bridgehead atoms. The summed E-state index contributed by atoms with van der Waals surface area (Å²) in [6.45, 7) is 2.31. The van der Waals surface area contributed by atoms with Crippen molar-refractivity contribution >= 4 is 5.97 Å². The van der Waals surface area contributed by atoms with Gasteiger partial charge in [-0.25, -0.2) is 0 Å². The Labute approximate surface area is 88.6 Å². The summed E-state index contributed by atoms with van der Waals surface area (Å²) >= 11 is 0. The first-order chi connectivity index (χ1) is 7.25. The summed E-state index contributed by atoms with van der Waals surface area (Å²) in [7, 11) is 0. The lowest BCUT2D eigenvalue weighted by Gasteiger charge is -2.36. The van der Waals surface area contributed by atoms with Crippen LogP contribution in [0.2, 0.25) is 0 Å². The Bertz CT molecular complexity index is 334. The molecule has 4 nitrogen and oxygen atoms in total. The highest BCUT2D eigenvalue weighted by molar-refractivity contribution is 5.71. The summed E-state index contributed by atoms with van der Waals surface area (Å²) in [4.78, 5) is 16.8. The number of hydrogen-bond donors (Lipinski definition) is 1. The predicted molar refractivity (Wildman–Crippen MR) is 55.5 cm³/mol. The standard InChI is InChI=1S/C11H14N2O2/c14-11(15)10-7-13(8-10)5-3-9-2-1-4-12-6-9/h1-2,4,6,10H,3,5,7-8H2,(H,14,15). The van der Waals surface area contributed by atoms with Crippen LogP contribution in [-0.4, -0.2) is 40.6 Å². The number of rotatable bonds is 4. The second-order valence-electron chi connectivity index (χ2n) is 3.91. The number of nitrogens with zero attached hydrogens (tertiary/aromatic N) is 2. The van der Waals surface area contributed by atoms with E-state index in [1.165, 1.54) is 5.56 Å². The molecule has 1 aliphatic rings. The molecule has 1 N–H and O–H groups in total. The molecule has 0 amide bonds. The molecule has 4 heteroatoms. The summed E-state index contributed by atoms with van der Waals surface area (Å²) in [5.74, 6) is -0.827. The molecule has 1 saturated heterocycles. The fourth-order valence-electron chi connectivity index (χ4n) is 1.74. The lowest BCUT2D eigenvalue weighted by molar-refractivity contribution is -0.147. The van der Waals surface area contributed by atoms with Gasteiger partial charge in [-0.2, -0.15) is 0 Å². The van der Waals surface area contributed by atoms with E-state index in [0.717, 1.165) is 13.0 Å². The molecule has 0 saturated carbocycles. The van der Waals surface area contributed by atoms with Gasteiger partial charge in [0.05, 0.1) is 5.92 Å². The van der Waals surface area contributed by atoms with Gasteiger partial charge in [-0.1, -0.05) is 6.07 Å². The van der Waals surface area contributed by atoms with Gasteiger partial charge in [0.1, 0.15) is 0 Å². The second kappa shape index (κ2) is 4.40. The average molecular weight is 206 g/mol. The van der Waals surface area contributed by atoms with Crippen LogP contribution in [0.25, 0.3) is 0 Å². The molecule has 0 atom stereocenters. The van der Waals surface area contributed by atoms with Gasteiger partial charge in [0, 0.05) is 32.0 Å². The molecule has 0 spiro atoms. The van der Waals surface area contributed by atoms with Gasteiger partial charge >= 0.3 is 5.97 Å². The third kappa shape index (κ3) is 2.53. The van der Waals surface area contributed by atoms with Crippen LogP contribution < -0.4 is 0 Å². The van der Waals surface area contributed by atoms with E-state index in [2.05, 4.69) is 9.88 Å². The van der Waals surface area contributed by atoms with Crippen molar-refractivity contribution in [2.75, 3.05) is 19.6 Å². The number of carbonyl (C=O) groups is 1. The maximum atomic E-state index is 10.6. The zero-order valence-corrected chi connectivity index (χ0v) is 8.47. The van der Waals surface area contributed by atoms with Crippen LogP contribution in [0.15, 0.2) is 24.5 Å². The van der Waals surface area contributed by atoms with Gasteiger partial charge in [0.15, 0.2) is 0 Å². The van der Waals surface area contributed by atoms with Crippen molar-refractivity contribution in [2.24, 2.45) is 5.92 Å². The quantitative estimate of drug-likeness (QED) is 0.785. The maximum absolute atomic E-state index is 10.6. The van der Waals surface area contributed by atoms with Crippen molar-refractivity contribution in [1.29, 1.82) is 0 Å². The third-order valence-corrected chi connectivity index (χ3v) is 2.75. The van der Waals surface area contributed by atoms with Crippen molar-refractivity contribution in [2.45, 2.75) is 6.42 Å². The Kier molecular flexibility index (Phi) is 2.97. The van der Waals surface area contributed by atoms with Crippen LogP contribution in [0.1, 0.15) is 5.56 Å². The molecule has 0 radical (unpaired) electrons. The number of aliphatic carboxylic acids is 1. The summed E-state index contributed by atoms with van der Waals surface area (Å²) in [6, 6.07) is 3.97. The molecular weight excluding hydrogens is 192 g/mol. The summed E-state index contributed by atoms with van der Waals surface area (Å²) < 4.78 is 0. The Morgan fingerprint density at radius 1 is 1.60 bits per heavy atom. The second-order valence-corrected chi connectivity index (χ2v) is 3.91.